The van der Waals surface area contributed by atoms with Gasteiger partial charge >= 0.3 is 0 Å². The normalized spacial score (nSPS) is 11.1. The zero-order valence-electron chi connectivity index (χ0n) is 9.94. The third-order valence-corrected chi connectivity index (χ3v) is 4.53. The molecule has 0 aliphatic carbocycles. The van der Waals surface area contributed by atoms with Crippen molar-refractivity contribution < 1.29 is 0 Å². The average molecular weight is 309 g/mol. The van der Waals surface area contributed by atoms with Crippen LogP contribution in [0.25, 0.3) is 15.9 Å². The first kappa shape index (κ1) is 12.6. The summed E-state index contributed by atoms with van der Waals surface area (Å²) in [5.41, 5.74) is 1.43. The summed E-state index contributed by atoms with van der Waals surface area (Å²) in [4.78, 5) is 16.4. The minimum Gasteiger partial charge on any atom is -0.323 e. The summed E-state index contributed by atoms with van der Waals surface area (Å²) < 4.78 is 1.87. The van der Waals surface area contributed by atoms with Crippen LogP contribution in [0.1, 0.15) is 5.56 Å². The van der Waals surface area contributed by atoms with Crippen LogP contribution in [0.15, 0.2) is 34.4 Å². The maximum absolute atomic E-state index is 12.5. The first-order valence-corrected chi connectivity index (χ1v) is 7.24. The Morgan fingerprint density at radius 3 is 2.95 bits per heavy atom. The zero-order valence-corrected chi connectivity index (χ0v) is 12.3. The number of fused-ring (bicyclic) bond motifs is 1. The Bertz CT molecular complexity index is 892. The summed E-state index contributed by atoms with van der Waals surface area (Å²) in [5, 5.41) is 3.12. The van der Waals surface area contributed by atoms with Crippen LogP contribution in [0.4, 0.5) is 0 Å². The molecule has 3 aromatic rings. The van der Waals surface area contributed by atoms with E-state index in [1.54, 1.807) is 12.1 Å². The topological polar surface area (TPSA) is 37.8 Å². The summed E-state index contributed by atoms with van der Waals surface area (Å²) in [5.74, 6) is 0. The molecule has 0 bridgehead atoms. The number of aromatic nitrogens is 2. The summed E-state index contributed by atoms with van der Waals surface area (Å²) in [6, 6.07) is 7.24. The fourth-order valence-corrected chi connectivity index (χ4v) is 3.29. The van der Waals surface area contributed by atoms with Gasteiger partial charge in [0.1, 0.15) is 4.83 Å². The first-order valence-electron chi connectivity index (χ1n) is 5.57. The van der Waals surface area contributed by atoms with Crippen molar-refractivity contribution in [2.45, 2.75) is 6.92 Å². The first-order chi connectivity index (χ1) is 9.09. The fraction of sp³-hybridized carbons (Fsp3) is 0.0769. The Balaban J connectivity index is 2.46. The Morgan fingerprint density at radius 1 is 1.37 bits per heavy atom. The number of benzene rings is 1. The number of aromatic amines is 1. The number of hydrogen-bond donors (Lipinski definition) is 1. The number of hydrogen-bond acceptors (Lipinski definition) is 3. The molecule has 0 fully saturated rings. The maximum atomic E-state index is 12.5. The van der Waals surface area contributed by atoms with E-state index in [1.165, 1.54) is 15.9 Å². The number of halogens is 1. The minimum atomic E-state index is -0.120. The molecule has 3 rings (SSSR count). The van der Waals surface area contributed by atoms with Crippen LogP contribution in [0.5, 0.6) is 0 Å². The lowest BCUT2D eigenvalue weighted by Crippen LogP contribution is -2.20. The highest BCUT2D eigenvalue weighted by atomic mass is 35.5. The zero-order chi connectivity index (χ0) is 13.6. The molecule has 0 saturated carbocycles. The molecule has 96 valence electrons. The molecule has 3 nitrogen and oxygen atoms in total. The van der Waals surface area contributed by atoms with Crippen molar-refractivity contribution in [2.75, 3.05) is 0 Å². The molecule has 19 heavy (non-hydrogen) atoms. The Morgan fingerprint density at radius 2 is 2.16 bits per heavy atom. The molecule has 0 unspecified atom stereocenters. The number of H-pyrrole nitrogens is 1. The average Bonchev–Trinajstić information content (AvgIpc) is 2.82. The molecule has 0 saturated heterocycles. The van der Waals surface area contributed by atoms with E-state index < -0.39 is 0 Å². The second-order valence-corrected chi connectivity index (χ2v) is 5.83. The second kappa shape index (κ2) is 4.59. The molecular weight excluding hydrogens is 300 g/mol. The molecule has 0 aliphatic heterocycles. The van der Waals surface area contributed by atoms with Crippen LogP contribution in [0.2, 0.25) is 5.02 Å². The number of thiophene rings is 1. The van der Waals surface area contributed by atoms with Gasteiger partial charge in [-0.2, -0.15) is 0 Å². The predicted octanol–water partition coefficient (Wildman–Crippen LogP) is 4.07. The number of rotatable bonds is 1. The third kappa shape index (κ3) is 1.94. The largest absolute Gasteiger partial charge is 0.323 e. The van der Waals surface area contributed by atoms with E-state index in [0.717, 1.165) is 10.4 Å². The smallest absolute Gasteiger partial charge is 0.267 e. The van der Waals surface area contributed by atoms with E-state index in [2.05, 4.69) is 4.98 Å². The lowest BCUT2D eigenvalue weighted by molar-refractivity contribution is 0.934. The van der Waals surface area contributed by atoms with E-state index in [-0.39, 0.29) is 5.56 Å². The molecule has 1 aromatic carbocycles. The SMILES string of the molecule is Cc1c(Cl)cccc1-n1c(=S)[nH]c2sccc2c1=O. The van der Waals surface area contributed by atoms with Crippen molar-refractivity contribution in [1.29, 1.82) is 0 Å². The van der Waals surface area contributed by atoms with Crippen LogP contribution in [-0.4, -0.2) is 9.55 Å². The van der Waals surface area contributed by atoms with Crippen molar-refractivity contribution in [3.63, 3.8) is 0 Å². The van der Waals surface area contributed by atoms with Gasteiger partial charge in [0.25, 0.3) is 5.56 Å². The van der Waals surface area contributed by atoms with Crippen molar-refractivity contribution in [3.05, 3.63) is 55.4 Å². The predicted molar refractivity (Wildman–Crippen MR) is 82.4 cm³/mol. The van der Waals surface area contributed by atoms with Gasteiger partial charge in [-0.15, -0.1) is 11.3 Å². The van der Waals surface area contributed by atoms with E-state index in [9.17, 15) is 4.79 Å². The molecule has 0 aliphatic rings. The third-order valence-electron chi connectivity index (χ3n) is 3.00. The standard InChI is InChI=1S/C13H9ClN2OS2/c1-7-9(14)3-2-4-10(7)16-12(17)8-5-6-19-11(8)15-13(16)18/h2-6H,1H3,(H,15,18). The molecular formula is C13H9ClN2OS2. The molecule has 0 atom stereocenters. The highest BCUT2D eigenvalue weighted by Gasteiger charge is 2.11. The molecule has 2 aromatic heterocycles. The molecule has 0 radical (unpaired) electrons. The van der Waals surface area contributed by atoms with Crippen LogP contribution in [-0.2, 0) is 0 Å². The van der Waals surface area contributed by atoms with Crippen LogP contribution in [0.3, 0.4) is 0 Å². The quantitative estimate of drug-likeness (QED) is 0.688. The molecule has 1 N–H and O–H groups in total. The number of nitrogens with one attached hydrogen (secondary N) is 1. The highest BCUT2D eigenvalue weighted by Crippen LogP contribution is 2.22. The maximum Gasteiger partial charge on any atom is 0.267 e. The lowest BCUT2D eigenvalue weighted by Gasteiger charge is -2.10. The van der Waals surface area contributed by atoms with Crippen LogP contribution in [0, 0.1) is 11.7 Å². The summed E-state index contributed by atoms with van der Waals surface area (Å²) in [6.07, 6.45) is 0. The van der Waals surface area contributed by atoms with E-state index in [0.29, 0.717) is 20.9 Å². The van der Waals surface area contributed by atoms with E-state index >= 15 is 0 Å². The van der Waals surface area contributed by atoms with Crippen molar-refractivity contribution >= 4 is 45.4 Å². The van der Waals surface area contributed by atoms with E-state index in [4.69, 9.17) is 23.8 Å². The highest BCUT2D eigenvalue weighted by molar-refractivity contribution is 7.71. The van der Waals surface area contributed by atoms with Crippen molar-refractivity contribution in [2.24, 2.45) is 0 Å². The van der Waals surface area contributed by atoms with E-state index in [1.807, 2.05) is 24.4 Å². The lowest BCUT2D eigenvalue weighted by atomic mass is 10.2. The monoisotopic (exact) mass is 308 g/mol. The van der Waals surface area contributed by atoms with Gasteiger partial charge in [-0.1, -0.05) is 17.7 Å². The van der Waals surface area contributed by atoms with Gasteiger partial charge in [0, 0.05) is 5.02 Å². The van der Waals surface area contributed by atoms with Gasteiger partial charge < -0.3 is 4.98 Å². The second-order valence-electron chi connectivity index (χ2n) is 4.12. The van der Waals surface area contributed by atoms with Gasteiger partial charge in [0.05, 0.1) is 11.1 Å². The molecule has 0 amide bonds. The molecule has 6 heteroatoms. The van der Waals surface area contributed by atoms with Crippen LogP contribution >= 0.6 is 35.2 Å². The van der Waals surface area contributed by atoms with Crippen molar-refractivity contribution in [1.82, 2.24) is 9.55 Å². The van der Waals surface area contributed by atoms with Gasteiger partial charge in [0.15, 0.2) is 4.77 Å². The Labute approximate surface area is 123 Å². The van der Waals surface area contributed by atoms with Gasteiger partial charge in [0.2, 0.25) is 0 Å². The minimum absolute atomic E-state index is 0.120. The van der Waals surface area contributed by atoms with Gasteiger partial charge in [-0.25, -0.2) is 0 Å². The summed E-state index contributed by atoms with van der Waals surface area (Å²) in [7, 11) is 0. The summed E-state index contributed by atoms with van der Waals surface area (Å²) >= 11 is 12.9. The van der Waals surface area contributed by atoms with Gasteiger partial charge in [-0.3, -0.25) is 9.36 Å². The van der Waals surface area contributed by atoms with Gasteiger partial charge in [-0.05, 0) is 48.3 Å². The summed E-state index contributed by atoms with van der Waals surface area (Å²) in [6.45, 7) is 1.87. The number of nitrogens with zero attached hydrogens (tertiary/aromatic N) is 1. The Kier molecular flexibility index (Phi) is 3.05. The molecule has 0 spiro atoms. The van der Waals surface area contributed by atoms with Crippen LogP contribution < -0.4 is 5.56 Å². The fourth-order valence-electron chi connectivity index (χ4n) is 2.00. The Hall–Kier alpha value is -1.43. The van der Waals surface area contributed by atoms with Crippen molar-refractivity contribution in [3.8, 4) is 5.69 Å². The molecule has 2 heterocycles.